The molecule has 6 nitrogen and oxygen atoms in total. The van der Waals surface area contributed by atoms with Gasteiger partial charge in [0.25, 0.3) is 0 Å². The van der Waals surface area contributed by atoms with Crippen molar-refractivity contribution in [1.29, 1.82) is 0 Å². The number of ether oxygens (including phenoxy) is 2. The Bertz CT molecular complexity index is 365. The highest BCUT2D eigenvalue weighted by Gasteiger charge is 2.22. The van der Waals surface area contributed by atoms with Crippen LogP contribution in [0.2, 0.25) is 0 Å². The van der Waals surface area contributed by atoms with Crippen LogP contribution in [0, 0.1) is 0 Å². The molecule has 0 spiro atoms. The number of methoxy groups -OCH3 is 1. The van der Waals surface area contributed by atoms with Gasteiger partial charge in [-0.15, -0.1) is 0 Å². The third-order valence-corrected chi connectivity index (χ3v) is 2.76. The van der Waals surface area contributed by atoms with E-state index in [0.29, 0.717) is 12.8 Å². The van der Waals surface area contributed by atoms with Gasteiger partial charge in [0.05, 0.1) is 13.7 Å². The Hall–Kier alpha value is -1.85. The summed E-state index contributed by atoms with van der Waals surface area (Å²) >= 11 is 0. The van der Waals surface area contributed by atoms with E-state index in [4.69, 9.17) is 4.74 Å². The number of carbonyl (C=O) groups excluding carboxylic acids is 3. The van der Waals surface area contributed by atoms with Gasteiger partial charge in [0.15, 0.2) is 0 Å². The molecule has 1 N–H and O–H groups in total. The Morgan fingerprint density at radius 3 is 2.43 bits per heavy atom. The highest BCUT2D eigenvalue weighted by molar-refractivity contribution is 5.83. The Morgan fingerprint density at radius 1 is 1.14 bits per heavy atom. The normalized spacial score (nSPS) is 12.0. The van der Waals surface area contributed by atoms with E-state index in [1.807, 2.05) is 19.1 Å². The Balaban J connectivity index is 4.22. The number of hydrogen-bond donors (Lipinski definition) is 1. The number of esters is 1. The second-order valence-electron chi connectivity index (χ2n) is 4.44. The summed E-state index contributed by atoms with van der Waals surface area (Å²) in [6, 6.07) is -0.857. The van der Waals surface area contributed by atoms with Crippen LogP contribution in [0.15, 0.2) is 12.2 Å². The van der Waals surface area contributed by atoms with Crippen LogP contribution >= 0.6 is 0 Å². The maximum atomic E-state index is 11.7. The van der Waals surface area contributed by atoms with Crippen LogP contribution in [0.25, 0.3) is 0 Å². The van der Waals surface area contributed by atoms with Crippen LogP contribution < -0.4 is 5.32 Å². The topological polar surface area (TPSA) is 81.7 Å². The third-order valence-electron chi connectivity index (χ3n) is 2.76. The second kappa shape index (κ2) is 11.9. The van der Waals surface area contributed by atoms with Crippen LogP contribution in [-0.2, 0) is 19.1 Å². The molecule has 120 valence electrons. The average Bonchev–Trinajstić information content (AvgIpc) is 2.47. The number of rotatable bonds is 10. The number of hydrogen-bond acceptors (Lipinski definition) is 5. The molecule has 0 aliphatic rings. The first-order valence-corrected chi connectivity index (χ1v) is 7.22. The van der Waals surface area contributed by atoms with Crippen LogP contribution in [0.1, 0.15) is 46.0 Å². The predicted octanol–water partition coefficient (Wildman–Crippen LogP) is 2.37. The van der Waals surface area contributed by atoms with Crippen LogP contribution in [0.5, 0.6) is 0 Å². The summed E-state index contributed by atoms with van der Waals surface area (Å²) in [4.78, 5) is 34.6. The van der Waals surface area contributed by atoms with Crippen molar-refractivity contribution >= 4 is 17.8 Å². The molecule has 0 bridgehead atoms. The van der Waals surface area contributed by atoms with Gasteiger partial charge in [-0.3, -0.25) is 4.79 Å². The number of Topliss-reactive ketones (excluding diaryl/α,β-unsaturated/α-hetero) is 1. The summed E-state index contributed by atoms with van der Waals surface area (Å²) in [5.74, 6) is -0.531. The minimum absolute atomic E-state index is 0.0512. The lowest BCUT2D eigenvalue weighted by Crippen LogP contribution is -2.42. The van der Waals surface area contributed by atoms with E-state index < -0.39 is 18.1 Å². The molecule has 0 aliphatic carbocycles. The second-order valence-corrected chi connectivity index (χ2v) is 4.44. The third kappa shape index (κ3) is 9.65. The van der Waals surface area contributed by atoms with E-state index in [0.717, 1.165) is 6.42 Å². The molecule has 0 aromatic heterocycles. The Labute approximate surface area is 125 Å². The molecule has 0 rings (SSSR count). The highest BCUT2D eigenvalue weighted by atomic mass is 16.6. The number of ketones is 1. The van der Waals surface area contributed by atoms with Gasteiger partial charge in [-0.2, -0.15) is 0 Å². The molecule has 0 radical (unpaired) electrons. The molecule has 1 atom stereocenters. The summed E-state index contributed by atoms with van der Waals surface area (Å²) < 4.78 is 9.32. The number of carbonyl (C=O) groups is 3. The van der Waals surface area contributed by atoms with Crippen molar-refractivity contribution in [1.82, 2.24) is 5.32 Å². The lowest BCUT2D eigenvalue weighted by Gasteiger charge is -2.15. The van der Waals surface area contributed by atoms with Crippen LogP contribution in [0.3, 0.4) is 0 Å². The van der Waals surface area contributed by atoms with Gasteiger partial charge in [-0.05, 0) is 26.2 Å². The van der Waals surface area contributed by atoms with Crippen molar-refractivity contribution in [3.8, 4) is 0 Å². The van der Waals surface area contributed by atoms with Crippen molar-refractivity contribution in [2.75, 3.05) is 13.7 Å². The zero-order chi connectivity index (χ0) is 16.1. The van der Waals surface area contributed by atoms with Crippen molar-refractivity contribution in [3.05, 3.63) is 12.2 Å². The smallest absolute Gasteiger partial charge is 0.407 e. The predicted molar refractivity (Wildman–Crippen MR) is 78.9 cm³/mol. The van der Waals surface area contributed by atoms with E-state index in [2.05, 4.69) is 10.1 Å². The first-order valence-electron chi connectivity index (χ1n) is 7.22. The molecular formula is C15H25NO5. The fraction of sp³-hybridized carbons (Fsp3) is 0.667. The van der Waals surface area contributed by atoms with E-state index in [1.165, 1.54) is 7.11 Å². The molecule has 0 aromatic carbocycles. The Morgan fingerprint density at radius 2 is 1.86 bits per heavy atom. The molecule has 21 heavy (non-hydrogen) atoms. The average molecular weight is 299 g/mol. The maximum Gasteiger partial charge on any atom is 0.407 e. The largest absolute Gasteiger partial charge is 0.467 e. The minimum atomic E-state index is -0.857. The fourth-order valence-corrected chi connectivity index (χ4v) is 1.67. The summed E-state index contributed by atoms with van der Waals surface area (Å²) in [5.41, 5.74) is 0. The zero-order valence-corrected chi connectivity index (χ0v) is 13.0. The van der Waals surface area contributed by atoms with E-state index >= 15 is 0 Å². The van der Waals surface area contributed by atoms with Gasteiger partial charge in [0.1, 0.15) is 11.8 Å². The first kappa shape index (κ1) is 19.1. The summed E-state index contributed by atoms with van der Waals surface area (Å²) in [5, 5.41) is 2.40. The number of amides is 1. The van der Waals surface area contributed by atoms with Crippen molar-refractivity contribution in [3.63, 3.8) is 0 Å². The SMILES string of the molecule is CC/C=C/CCC(=O)CC[C@H](NC(=O)OCC)C(=O)OC. The molecule has 0 aromatic rings. The summed E-state index contributed by atoms with van der Waals surface area (Å²) in [6.45, 7) is 3.91. The number of alkyl carbamates (subject to hydrolysis) is 1. The quantitative estimate of drug-likeness (QED) is 0.494. The molecule has 0 aliphatic heterocycles. The van der Waals surface area contributed by atoms with Crippen molar-refractivity contribution < 1.29 is 23.9 Å². The monoisotopic (exact) mass is 299 g/mol. The molecule has 1 amide bonds. The molecule has 0 unspecified atom stereocenters. The lowest BCUT2D eigenvalue weighted by molar-refractivity contribution is -0.143. The van der Waals surface area contributed by atoms with E-state index in [9.17, 15) is 14.4 Å². The molecule has 6 heteroatoms. The molecule has 0 fully saturated rings. The fourth-order valence-electron chi connectivity index (χ4n) is 1.67. The van der Waals surface area contributed by atoms with E-state index in [1.54, 1.807) is 6.92 Å². The van der Waals surface area contributed by atoms with Crippen LogP contribution in [-0.4, -0.2) is 37.6 Å². The van der Waals surface area contributed by atoms with Gasteiger partial charge in [0, 0.05) is 12.8 Å². The van der Waals surface area contributed by atoms with E-state index in [-0.39, 0.29) is 25.2 Å². The summed E-state index contributed by atoms with van der Waals surface area (Å²) in [6.07, 6.45) is 5.78. The lowest BCUT2D eigenvalue weighted by atomic mass is 10.1. The van der Waals surface area contributed by atoms with Crippen molar-refractivity contribution in [2.24, 2.45) is 0 Å². The number of allylic oxidation sites excluding steroid dienone is 2. The van der Waals surface area contributed by atoms with Gasteiger partial charge in [-0.1, -0.05) is 19.1 Å². The van der Waals surface area contributed by atoms with Crippen molar-refractivity contribution in [2.45, 2.75) is 52.0 Å². The zero-order valence-electron chi connectivity index (χ0n) is 13.0. The van der Waals surface area contributed by atoms with Gasteiger partial charge >= 0.3 is 12.1 Å². The Kier molecular flexibility index (Phi) is 10.9. The summed E-state index contributed by atoms with van der Waals surface area (Å²) in [7, 11) is 1.24. The standard InChI is InChI=1S/C15H25NO5/c1-4-6-7-8-9-12(17)10-11-13(14(18)20-3)16-15(19)21-5-2/h6-7,13H,4-5,8-11H2,1-3H3,(H,16,19)/b7-6+/t13-/m0/s1. The first-order chi connectivity index (χ1) is 10.0. The molecule has 0 saturated heterocycles. The molecule has 0 heterocycles. The molecular weight excluding hydrogens is 274 g/mol. The molecule has 0 saturated carbocycles. The maximum absolute atomic E-state index is 11.7. The minimum Gasteiger partial charge on any atom is -0.467 e. The van der Waals surface area contributed by atoms with Gasteiger partial charge in [0.2, 0.25) is 0 Å². The van der Waals surface area contributed by atoms with Crippen LogP contribution in [0.4, 0.5) is 4.79 Å². The van der Waals surface area contributed by atoms with Gasteiger partial charge < -0.3 is 14.8 Å². The van der Waals surface area contributed by atoms with Gasteiger partial charge in [-0.25, -0.2) is 9.59 Å². The number of nitrogens with one attached hydrogen (secondary N) is 1. The highest BCUT2D eigenvalue weighted by Crippen LogP contribution is 2.05.